The number of hydrogen-bond acceptors (Lipinski definition) is 4. The normalized spacial score (nSPS) is 10.7. The zero-order chi connectivity index (χ0) is 9.45. The molecule has 0 aliphatic rings. The van der Waals surface area contributed by atoms with Gasteiger partial charge in [0.1, 0.15) is 6.61 Å². The van der Waals surface area contributed by atoms with Crippen molar-refractivity contribution in [2.75, 3.05) is 35.0 Å². The van der Waals surface area contributed by atoms with E-state index in [1.807, 2.05) is 0 Å². The van der Waals surface area contributed by atoms with Gasteiger partial charge >= 0.3 is 5.97 Å². The fourth-order valence-electron chi connectivity index (χ4n) is 0.620. The van der Waals surface area contributed by atoms with Crippen molar-refractivity contribution in [3.63, 3.8) is 0 Å². The molecule has 0 saturated carbocycles. The molecular formula is C8H14O4. The standard InChI is InChI=1S/C8H14O4/c1-9-7-5-6-8(10-2,11-3)12-4/h7H2,1-4H3. The third-order valence-electron chi connectivity index (χ3n) is 1.26. The quantitative estimate of drug-likeness (QED) is 0.451. The van der Waals surface area contributed by atoms with Crippen LogP contribution in [0.3, 0.4) is 0 Å². The lowest BCUT2D eigenvalue weighted by Crippen LogP contribution is -2.34. The number of rotatable bonds is 4. The molecule has 0 aromatic heterocycles. The molecule has 0 aliphatic heterocycles. The molecule has 4 nitrogen and oxygen atoms in total. The van der Waals surface area contributed by atoms with Crippen LogP contribution >= 0.6 is 0 Å². The Labute approximate surface area is 72.7 Å². The highest BCUT2D eigenvalue weighted by Crippen LogP contribution is 2.09. The largest absolute Gasteiger partial charge is 0.372 e. The van der Waals surface area contributed by atoms with Gasteiger partial charge in [0.15, 0.2) is 0 Å². The molecule has 0 aromatic rings. The molecule has 0 aliphatic carbocycles. The Morgan fingerprint density at radius 2 is 1.50 bits per heavy atom. The minimum Gasteiger partial charge on any atom is -0.372 e. The van der Waals surface area contributed by atoms with Gasteiger partial charge < -0.3 is 18.9 Å². The van der Waals surface area contributed by atoms with E-state index in [0.717, 1.165) is 0 Å². The molecule has 0 rings (SSSR count). The van der Waals surface area contributed by atoms with Crippen LogP contribution in [0, 0.1) is 11.8 Å². The van der Waals surface area contributed by atoms with E-state index in [2.05, 4.69) is 11.8 Å². The molecule has 0 saturated heterocycles. The smallest absolute Gasteiger partial charge is 0.352 e. The molecule has 0 radical (unpaired) electrons. The molecule has 0 bridgehead atoms. The highest BCUT2D eigenvalue weighted by Gasteiger charge is 2.26. The van der Waals surface area contributed by atoms with Gasteiger partial charge in [-0.05, 0) is 5.92 Å². The van der Waals surface area contributed by atoms with Gasteiger partial charge in [0, 0.05) is 28.4 Å². The van der Waals surface area contributed by atoms with Crippen LogP contribution in [-0.4, -0.2) is 41.0 Å². The SMILES string of the molecule is COCC#CC(OC)(OC)OC. The van der Waals surface area contributed by atoms with Gasteiger partial charge in [-0.15, -0.1) is 0 Å². The second-order valence-electron chi connectivity index (χ2n) is 1.90. The zero-order valence-electron chi connectivity index (χ0n) is 7.84. The Balaban J connectivity index is 4.22. The fraction of sp³-hybridized carbons (Fsp3) is 0.750. The van der Waals surface area contributed by atoms with Crippen molar-refractivity contribution in [3.05, 3.63) is 0 Å². The van der Waals surface area contributed by atoms with E-state index >= 15 is 0 Å². The van der Waals surface area contributed by atoms with E-state index in [0.29, 0.717) is 6.61 Å². The third-order valence-corrected chi connectivity index (χ3v) is 1.26. The zero-order valence-corrected chi connectivity index (χ0v) is 7.84. The summed E-state index contributed by atoms with van der Waals surface area (Å²) < 4.78 is 19.5. The summed E-state index contributed by atoms with van der Waals surface area (Å²) in [6.45, 7) is 0.317. The van der Waals surface area contributed by atoms with Crippen molar-refractivity contribution in [2.45, 2.75) is 5.97 Å². The average Bonchev–Trinajstić information content (AvgIpc) is 2.14. The van der Waals surface area contributed by atoms with Gasteiger partial charge in [-0.1, -0.05) is 5.92 Å². The Morgan fingerprint density at radius 1 is 1.00 bits per heavy atom. The molecule has 70 valence electrons. The summed E-state index contributed by atoms with van der Waals surface area (Å²) in [5.41, 5.74) is 0. The van der Waals surface area contributed by atoms with E-state index in [-0.39, 0.29) is 0 Å². The van der Waals surface area contributed by atoms with Gasteiger partial charge in [-0.2, -0.15) is 0 Å². The van der Waals surface area contributed by atoms with Crippen LogP contribution in [0.5, 0.6) is 0 Å². The first-order valence-corrected chi connectivity index (χ1v) is 3.39. The van der Waals surface area contributed by atoms with Gasteiger partial charge in [0.2, 0.25) is 0 Å². The summed E-state index contributed by atoms with van der Waals surface area (Å²) in [5.74, 6) is 4.06. The third kappa shape index (κ3) is 3.20. The summed E-state index contributed by atoms with van der Waals surface area (Å²) in [6, 6.07) is 0. The van der Waals surface area contributed by atoms with Crippen molar-refractivity contribution in [1.82, 2.24) is 0 Å². The second kappa shape index (κ2) is 5.98. The Morgan fingerprint density at radius 3 is 1.83 bits per heavy atom. The molecule has 12 heavy (non-hydrogen) atoms. The minimum atomic E-state index is -1.27. The highest BCUT2D eigenvalue weighted by atomic mass is 16.9. The first-order valence-electron chi connectivity index (χ1n) is 3.39. The summed E-state index contributed by atoms with van der Waals surface area (Å²) >= 11 is 0. The van der Waals surface area contributed by atoms with Gasteiger partial charge in [-0.3, -0.25) is 0 Å². The van der Waals surface area contributed by atoms with Crippen LogP contribution in [0.2, 0.25) is 0 Å². The number of hydrogen-bond donors (Lipinski definition) is 0. The minimum absolute atomic E-state index is 0.317. The summed E-state index contributed by atoms with van der Waals surface area (Å²) in [7, 11) is 5.92. The summed E-state index contributed by atoms with van der Waals surface area (Å²) in [5, 5.41) is 0. The fourth-order valence-corrected chi connectivity index (χ4v) is 0.620. The molecule has 0 N–H and O–H groups in total. The molecule has 0 atom stereocenters. The summed E-state index contributed by atoms with van der Waals surface area (Å²) in [4.78, 5) is 0. The van der Waals surface area contributed by atoms with Crippen molar-refractivity contribution >= 4 is 0 Å². The Hall–Kier alpha value is -0.600. The molecule has 0 aromatic carbocycles. The predicted octanol–water partition coefficient (Wildman–Crippen LogP) is 0.229. The lowest BCUT2D eigenvalue weighted by atomic mass is 10.5. The van der Waals surface area contributed by atoms with Crippen LogP contribution in [0.4, 0.5) is 0 Å². The van der Waals surface area contributed by atoms with Crippen molar-refractivity contribution in [3.8, 4) is 11.8 Å². The van der Waals surface area contributed by atoms with E-state index in [1.165, 1.54) is 21.3 Å². The van der Waals surface area contributed by atoms with Gasteiger partial charge in [0.05, 0.1) is 0 Å². The lowest BCUT2D eigenvalue weighted by Gasteiger charge is -2.21. The van der Waals surface area contributed by atoms with E-state index in [9.17, 15) is 0 Å². The number of methoxy groups -OCH3 is 4. The maximum Gasteiger partial charge on any atom is 0.352 e. The van der Waals surface area contributed by atoms with E-state index < -0.39 is 5.97 Å². The van der Waals surface area contributed by atoms with Crippen LogP contribution in [0.15, 0.2) is 0 Å². The molecule has 0 amide bonds. The van der Waals surface area contributed by atoms with Crippen LogP contribution in [0.1, 0.15) is 0 Å². The van der Waals surface area contributed by atoms with Crippen LogP contribution in [0.25, 0.3) is 0 Å². The van der Waals surface area contributed by atoms with Crippen molar-refractivity contribution < 1.29 is 18.9 Å². The van der Waals surface area contributed by atoms with Crippen molar-refractivity contribution in [2.24, 2.45) is 0 Å². The maximum absolute atomic E-state index is 4.91. The number of ether oxygens (including phenoxy) is 4. The van der Waals surface area contributed by atoms with Crippen LogP contribution in [-0.2, 0) is 18.9 Å². The molecular weight excluding hydrogens is 160 g/mol. The van der Waals surface area contributed by atoms with E-state index in [4.69, 9.17) is 18.9 Å². The first-order chi connectivity index (χ1) is 5.74. The van der Waals surface area contributed by atoms with E-state index in [1.54, 1.807) is 7.11 Å². The highest BCUT2D eigenvalue weighted by molar-refractivity contribution is 5.06. The monoisotopic (exact) mass is 174 g/mol. The lowest BCUT2D eigenvalue weighted by molar-refractivity contribution is -0.311. The summed E-state index contributed by atoms with van der Waals surface area (Å²) in [6.07, 6.45) is 0. The first kappa shape index (κ1) is 11.4. The topological polar surface area (TPSA) is 36.9 Å². The molecule has 4 heteroatoms. The molecule has 0 fully saturated rings. The van der Waals surface area contributed by atoms with Crippen molar-refractivity contribution in [1.29, 1.82) is 0 Å². The molecule has 0 spiro atoms. The average molecular weight is 174 g/mol. The Bertz CT molecular complexity index is 155. The van der Waals surface area contributed by atoms with Gasteiger partial charge in [0.25, 0.3) is 0 Å². The predicted molar refractivity (Wildman–Crippen MR) is 43.4 cm³/mol. The Kier molecular flexibility index (Phi) is 5.68. The molecule has 0 unspecified atom stereocenters. The molecule has 0 heterocycles. The maximum atomic E-state index is 4.91. The second-order valence-corrected chi connectivity index (χ2v) is 1.90. The van der Waals surface area contributed by atoms with Gasteiger partial charge in [-0.25, -0.2) is 0 Å². The van der Waals surface area contributed by atoms with Crippen LogP contribution < -0.4 is 0 Å².